The lowest BCUT2D eigenvalue weighted by molar-refractivity contribution is -0.133. The summed E-state index contributed by atoms with van der Waals surface area (Å²) in [5.74, 6) is 0.465. The number of carbonyl (C=O) groups is 1. The van der Waals surface area contributed by atoms with E-state index >= 15 is 0 Å². The number of nitrogens with zero attached hydrogens (tertiary/aromatic N) is 1. The normalized spacial score (nSPS) is 12.5. The molecule has 1 aromatic rings. The largest absolute Gasteiger partial charge is 0.399 e. The maximum absolute atomic E-state index is 12.3. The van der Waals surface area contributed by atoms with Gasteiger partial charge in [0, 0.05) is 24.7 Å². The topological polar surface area (TPSA) is 46.3 Å². The van der Waals surface area contributed by atoms with Crippen molar-refractivity contribution >= 4 is 11.6 Å². The van der Waals surface area contributed by atoms with Crippen LogP contribution in [0.25, 0.3) is 0 Å². The maximum atomic E-state index is 12.3. The molecular formula is C16H26N2O. The van der Waals surface area contributed by atoms with Gasteiger partial charge in [-0.05, 0) is 43.9 Å². The fourth-order valence-electron chi connectivity index (χ4n) is 2.23. The number of nitrogens with two attached hydrogens (primary N) is 1. The Hall–Kier alpha value is -1.51. The summed E-state index contributed by atoms with van der Waals surface area (Å²) in [6.45, 7) is 9.17. The van der Waals surface area contributed by atoms with Gasteiger partial charge in [0.25, 0.3) is 0 Å². The maximum Gasteiger partial charge on any atom is 0.223 e. The van der Waals surface area contributed by atoms with Gasteiger partial charge in [0.2, 0.25) is 5.91 Å². The zero-order valence-electron chi connectivity index (χ0n) is 12.5. The highest BCUT2D eigenvalue weighted by Gasteiger charge is 2.19. The molecule has 1 aromatic carbocycles. The third kappa shape index (κ3) is 4.58. The Morgan fingerprint density at radius 1 is 1.21 bits per heavy atom. The molecule has 19 heavy (non-hydrogen) atoms. The second-order valence-corrected chi connectivity index (χ2v) is 5.45. The van der Waals surface area contributed by atoms with E-state index in [1.807, 2.05) is 29.2 Å². The Kier molecular flexibility index (Phi) is 5.87. The predicted octanol–water partition coefficient (Wildman–Crippen LogP) is 3.41. The van der Waals surface area contributed by atoms with Crippen LogP contribution in [-0.2, 0) is 4.79 Å². The van der Waals surface area contributed by atoms with E-state index in [9.17, 15) is 4.79 Å². The third-order valence-corrected chi connectivity index (χ3v) is 3.39. The van der Waals surface area contributed by atoms with E-state index in [4.69, 9.17) is 5.73 Å². The summed E-state index contributed by atoms with van der Waals surface area (Å²) in [5, 5.41) is 0. The minimum atomic E-state index is 0.228. The molecule has 1 unspecified atom stereocenters. The molecule has 1 amide bonds. The molecule has 0 heterocycles. The molecule has 0 aliphatic carbocycles. The molecule has 0 radical (unpaired) electrons. The van der Waals surface area contributed by atoms with Crippen molar-refractivity contribution in [1.82, 2.24) is 4.90 Å². The first kappa shape index (κ1) is 15.5. The lowest BCUT2D eigenvalue weighted by atomic mass is 9.96. The van der Waals surface area contributed by atoms with Gasteiger partial charge in [-0.25, -0.2) is 0 Å². The predicted molar refractivity (Wildman–Crippen MR) is 81.0 cm³/mol. The Balaban J connectivity index is 2.67. The van der Waals surface area contributed by atoms with Crippen LogP contribution in [0.4, 0.5) is 5.69 Å². The van der Waals surface area contributed by atoms with E-state index in [1.165, 1.54) is 5.56 Å². The number of hydrogen-bond donors (Lipinski definition) is 1. The van der Waals surface area contributed by atoms with Crippen LogP contribution in [-0.4, -0.2) is 23.4 Å². The highest BCUT2D eigenvalue weighted by atomic mass is 16.2. The minimum Gasteiger partial charge on any atom is -0.399 e. The van der Waals surface area contributed by atoms with Crippen molar-refractivity contribution in [2.24, 2.45) is 0 Å². The molecule has 0 aliphatic rings. The quantitative estimate of drug-likeness (QED) is 0.799. The van der Waals surface area contributed by atoms with E-state index in [0.29, 0.717) is 6.42 Å². The van der Waals surface area contributed by atoms with Crippen molar-refractivity contribution in [1.29, 1.82) is 0 Å². The molecule has 0 aromatic heterocycles. The van der Waals surface area contributed by atoms with Crippen LogP contribution in [0.3, 0.4) is 0 Å². The zero-order valence-corrected chi connectivity index (χ0v) is 12.5. The third-order valence-electron chi connectivity index (χ3n) is 3.39. The van der Waals surface area contributed by atoms with Gasteiger partial charge in [-0.3, -0.25) is 4.79 Å². The van der Waals surface area contributed by atoms with Gasteiger partial charge in [0.15, 0.2) is 0 Å². The van der Waals surface area contributed by atoms with E-state index < -0.39 is 0 Å². The Bertz CT molecular complexity index is 398. The number of nitrogen functional groups attached to an aromatic ring is 1. The standard InChI is InChI=1S/C16H26N2O/c1-5-10-18(12(2)3)16(19)11-13(4)14-6-8-15(17)9-7-14/h6-9,12-13H,5,10-11,17H2,1-4H3. The molecule has 1 rings (SSSR count). The van der Waals surface area contributed by atoms with Gasteiger partial charge < -0.3 is 10.6 Å². The fraction of sp³-hybridized carbons (Fsp3) is 0.562. The number of amides is 1. The van der Waals surface area contributed by atoms with Crippen molar-refractivity contribution in [3.8, 4) is 0 Å². The second-order valence-electron chi connectivity index (χ2n) is 5.45. The first-order valence-corrected chi connectivity index (χ1v) is 7.10. The molecule has 0 spiro atoms. The SMILES string of the molecule is CCCN(C(=O)CC(C)c1ccc(N)cc1)C(C)C. The molecule has 1 atom stereocenters. The van der Waals surface area contributed by atoms with Crippen LogP contribution in [0.15, 0.2) is 24.3 Å². The molecule has 106 valence electrons. The molecule has 0 fully saturated rings. The minimum absolute atomic E-state index is 0.228. The lowest BCUT2D eigenvalue weighted by Crippen LogP contribution is -2.38. The van der Waals surface area contributed by atoms with Crippen molar-refractivity contribution in [3.63, 3.8) is 0 Å². The first-order valence-electron chi connectivity index (χ1n) is 7.10. The number of carbonyl (C=O) groups excluding carboxylic acids is 1. The second kappa shape index (κ2) is 7.17. The van der Waals surface area contributed by atoms with Crippen LogP contribution in [0.5, 0.6) is 0 Å². The average molecular weight is 262 g/mol. The fourth-order valence-corrected chi connectivity index (χ4v) is 2.23. The van der Waals surface area contributed by atoms with E-state index in [1.54, 1.807) is 0 Å². The highest BCUT2D eigenvalue weighted by Crippen LogP contribution is 2.21. The van der Waals surface area contributed by atoms with Crippen molar-refractivity contribution in [2.45, 2.75) is 52.5 Å². The molecular weight excluding hydrogens is 236 g/mol. The zero-order chi connectivity index (χ0) is 14.4. The van der Waals surface area contributed by atoms with E-state index in [2.05, 4.69) is 27.7 Å². The summed E-state index contributed by atoms with van der Waals surface area (Å²) in [6, 6.07) is 8.07. The molecule has 3 heteroatoms. The summed E-state index contributed by atoms with van der Waals surface area (Å²) in [7, 11) is 0. The van der Waals surface area contributed by atoms with Crippen molar-refractivity contribution in [2.75, 3.05) is 12.3 Å². The summed E-state index contributed by atoms with van der Waals surface area (Å²) in [4.78, 5) is 14.3. The molecule has 3 nitrogen and oxygen atoms in total. The van der Waals surface area contributed by atoms with E-state index in [0.717, 1.165) is 18.7 Å². The summed E-state index contributed by atoms with van der Waals surface area (Å²) >= 11 is 0. The monoisotopic (exact) mass is 262 g/mol. The molecule has 0 saturated carbocycles. The lowest BCUT2D eigenvalue weighted by Gasteiger charge is -2.27. The molecule has 0 saturated heterocycles. The van der Waals surface area contributed by atoms with Crippen LogP contribution in [0.1, 0.15) is 52.0 Å². The van der Waals surface area contributed by atoms with Gasteiger partial charge in [-0.15, -0.1) is 0 Å². The van der Waals surface area contributed by atoms with Gasteiger partial charge in [0.1, 0.15) is 0 Å². The number of anilines is 1. The molecule has 2 N–H and O–H groups in total. The van der Waals surface area contributed by atoms with Gasteiger partial charge >= 0.3 is 0 Å². The molecule has 0 aliphatic heterocycles. The van der Waals surface area contributed by atoms with Crippen LogP contribution in [0, 0.1) is 0 Å². The van der Waals surface area contributed by atoms with Gasteiger partial charge in [-0.1, -0.05) is 26.0 Å². The number of benzene rings is 1. The van der Waals surface area contributed by atoms with Crippen molar-refractivity contribution < 1.29 is 4.79 Å². The van der Waals surface area contributed by atoms with E-state index in [-0.39, 0.29) is 17.9 Å². The van der Waals surface area contributed by atoms with Crippen LogP contribution in [0.2, 0.25) is 0 Å². The summed E-state index contributed by atoms with van der Waals surface area (Å²) < 4.78 is 0. The highest BCUT2D eigenvalue weighted by molar-refractivity contribution is 5.77. The first-order chi connectivity index (χ1) is 8.95. The Morgan fingerprint density at radius 3 is 2.26 bits per heavy atom. The Morgan fingerprint density at radius 2 is 1.79 bits per heavy atom. The average Bonchev–Trinajstić information content (AvgIpc) is 2.36. The summed E-state index contributed by atoms with van der Waals surface area (Å²) in [6.07, 6.45) is 1.56. The number of rotatable bonds is 6. The Labute approximate surface area is 116 Å². The van der Waals surface area contributed by atoms with Crippen LogP contribution >= 0.6 is 0 Å². The molecule has 0 bridgehead atoms. The number of hydrogen-bond acceptors (Lipinski definition) is 2. The summed E-state index contributed by atoms with van der Waals surface area (Å²) in [5.41, 5.74) is 7.61. The van der Waals surface area contributed by atoms with Gasteiger partial charge in [-0.2, -0.15) is 0 Å². The van der Waals surface area contributed by atoms with Crippen molar-refractivity contribution in [3.05, 3.63) is 29.8 Å². The smallest absolute Gasteiger partial charge is 0.223 e. The van der Waals surface area contributed by atoms with Crippen LogP contribution < -0.4 is 5.73 Å². The van der Waals surface area contributed by atoms with Gasteiger partial charge in [0.05, 0.1) is 0 Å².